The van der Waals surface area contributed by atoms with Gasteiger partial charge in [0.1, 0.15) is 0 Å². The average molecular weight is 331 g/mol. The number of benzene rings is 1. The third kappa shape index (κ3) is 4.03. The zero-order valence-electron chi connectivity index (χ0n) is 14.9. The van der Waals surface area contributed by atoms with Crippen molar-refractivity contribution in [2.24, 2.45) is 5.92 Å². The minimum Gasteiger partial charge on any atom is -0.493 e. The van der Waals surface area contributed by atoms with Gasteiger partial charge in [0.2, 0.25) is 0 Å². The summed E-state index contributed by atoms with van der Waals surface area (Å²) in [5.74, 6) is 2.29. The van der Waals surface area contributed by atoms with Crippen LogP contribution in [0.5, 0.6) is 11.5 Å². The van der Waals surface area contributed by atoms with Crippen LogP contribution in [0, 0.1) is 5.92 Å². The summed E-state index contributed by atoms with van der Waals surface area (Å²) in [6.45, 7) is 2.38. The van der Waals surface area contributed by atoms with Crippen LogP contribution in [0.2, 0.25) is 0 Å². The minimum absolute atomic E-state index is 0.102. The number of carbonyl (C=O) groups excluding carboxylic acids is 1. The lowest BCUT2D eigenvalue weighted by Crippen LogP contribution is -2.46. The number of ether oxygens (including phenoxy) is 2. The van der Waals surface area contributed by atoms with Gasteiger partial charge in [0, 0.05) is 12.1 Å². The first kappa shape index (κ1) is 17.1. The van der Waals surface area contributed by atoms with Crippen molar-refractivity contribution in [3.05, 3.63) is 24.3 Å². The van der Waals surface area contributed by atoms with E-state index in [9.17, 15) is 4.79 Å². The number of amides is 1. The largest absolute Gasteiger partial charge is 0.493 e. The minimum atomic E-state index is 0.102. The molecule has 4 nitrogen and oxygen atoms in total. The van der Waals surface area contributed by atoms with Gasteiger partial charge in [-0.1, -0.05) is 25.5 Å². The second-order valence-corrected chi connectivity index (χ2v) is 7.05. The number of para-hydroxylation sites is 2. The second-order valence-electron chi connectivity index (χ2n) is 7.05. The fourth-order valence-electron chi connectivity index (χ4n) is 3.84. The van der Waals surface area contributed by atoms with Crippen molar-refractivity contribution in [3.8, 4) is 11.5 Å². The van der Waals surface area contributed by atoms with E-state index >= 15 is 0 Å². The van der Waals surface area contributed by atoms with E-state index in [1.54, 1.807) is 7.11 Å². The van der Waals surface area contributed by atoms with Crippen LogP contribution in [0.4, 0.5) is 0 Å². The molecule has 2 aliphatic rings. The van der Waals surface area contributed by atoms with Crippen molar-refractivity contribution in [2.75, 3.05) is 13.7 Å². The third-order valence-corrected chi connectivity index (χ3v) is 5.44. The molecule has 0 saturated heterocycles. The normalized spacial score (nSPS) is 23.6. The molecule has 0 aromatic heterocycles. The van der Waals surface area contributed by atoms with Gasteiger partial charge in [0.15, 0.2) is 18.1 Å². The van der Waals surface area contributed by atoms with Crippen molar-refractivity contribution in [1.29, 1.82) is 0 Å². The lowest BCUT2D eigenvalue weighted by Gasteiger charge is -2.37. The SMILES string of the molecule is CCC1CCC(N(C(=O)COc2ccccc2OC)C2CC2)CC1. The Morgan fingerprint density at radius 2 is 1.62 bits per heavy atom. The molecule has 24 heavy (non-hydrogen) atoms. The van der Waals surface area contributed by atoms with E-state index in [1.165, 1.54) is 19.3 Å². The fourth-order valence-corrected chi connectivity index (χ4v) is 3.84. The highest BCUT2D eigenvalue weighted by Crippen LogP contribution is 2.36. The van der Waals surface area contributed by atoms with Crippen LogP contribution in [0.3, 0.4) is 0 Å². The molecule has 0 aliphatic heterocycles. The summed E-state index contributed by atoms with van der Waals surface area (Å²) in [6, 6.07) is 8.35. The number of carbonyl (C=O) groups is 1. The van der Waals surface area contributed by atoms with Crippen LogP contribution in [0.1, 0.15) is 51.9 Å². The van der Waals surface area contributed by atoms with Crippen LogP contribution >= 0.6 is 0 Å². The van der Waals surface area contributed by atoms with Gasteiger partial charge in [-0.05, 0) is 56.6 Å². The van der Waals surface area contributed by atoms with Crippen molar-refractivity contribution in [1.82, 2.24) is 4.90 Å². The summed E-state index contributed by atoms with van der Waals surface area (Å²) in [7, 11) is 1.62. The lowest BCUT2D eigenvalue weighted by atomic mass is 9.84. The Hall–Kier alpha value is -1.71. The van der Waals surface area contributed by atoms with Crippen molar-refractivity contribution in [3.63, 3.8) is 0 Å². The highest BCUT2D eigenvalue weighted by atomic mass is 16.5. The molecule has 0 atom stereocenters. The monoisotopic (exact) mass is 331 g/mol. The summed E-state index contributed by atoms with van der Waals surface area (Å²) >= 11 is 0. The highest BCUT2D eigenvalue weighted by molar-refractivity contribution is 5.79. The summed E-state index contributed by atoms with van der Waals surface area (Å²) in [5.41, 5.74) is 0. The summed E-state index contributed by atoms with van der Waals surface area (Å²) < 4.78 is 11.1. The van der Waals surface area contributed by atoms with E-state index in [0.29, 0.717) is 23.6 Å². The van der Waals surface area contributed by atoms with Crippen LogP contribution in [0.25, 0.3) is 0 Å². The number of rotatable bonds is 7. The maximum atomic E-state index is 12.8. The standard InChI is InChI=1S/C20H29NO3/c1-3-15-8-10-16(11-9-15)21(17-12-13-17)20(22)14-24-19-7-5-4-6-18(19)23-2/h4-7,15-17H,3,8-14H2,1-2H3. The molecule has 2 saturated carbocycles. The Kier molecular flexibility index (Phi) is 5.64. The first-order valence-electron chi connectivity index (χ1n) is 9.30. The molecule has 0 radical (unpaired) electrons. The lowest BCUT2D eigenvalue weighted by molar-refractivity contribution is -0.137. The van der Waals surface area contributed by atoms with Crippen molar-refractivity contribution in [2.45, 2.75) is 64.0 Å². The quantitative estimate of drug-likeness (QED) is 0.757. The highest BCUT2D eigenvalue weighted by Gasteiger charge is 2.38. The zero-order valence-corrected chi connectivity index (χ0v) is 14.9. The Morgan fingerprint density at radius 3 is 2.17 bits per heavy atom. The molecule has 0 bridgehead atoms. The van der Waals surface area contributed by atoms with Gasteiger partial charge in [-0.2, -0.15) is 0 Å². The zero-order chi connectivity index (χ0) is 16.9. The second kappa shape index (κ2) is 7.91. The van der Waals surface area contributed by atoms with Gasteiger partial charge in [-0.3, -0.25) is 4.79 Å². The van der Waals surface area contributed by atoms with Gasteiger partial charge < -0.3 is 14.4 Å². The Labute approximate surface area is 145 Å². The number of hydrogen-bond acceptors (Lipinski definition) is 3. The Bertz CT molecular complexity index is 548. The molecule has 2 fully saturated rings. The van der Waals surface area contributed by atoms with Gasteiger partial charge in [0.25, 0.3) is 5.91 Å². The molecule has 4 heteroatoms. The van der Waals surface area contributed by atoms with Gasteiger partial charge >= 0.3 is 0 Å². The van der Waals surface area contributed by atoms with Gasteiger partial charge in [-0.25, -0.2) is 0 Å². The molecule has 1 aromatic carbocycles. The van der Waals surface area contributed by atoms with Crippen LogP contribution in [-0.2, 0) is 4.79 Å². The smallest absolute Gasteiger partial charge is 0.261 e. The molecule has 0 heterocycles. The summed E-state index contributed by atoms with van der Waals surface area (Å²) in [4.78, 5) is 14.9. The predicted octanol–water partition coefficient (Wildman–Crippen LogP) is 4.03. The fraction of sp³-hybridized carbons (Fsp3) is 0.650. The summed E-state index contributed by atoms with van der Waals surface area (Å²) in [5, 5.41) is 0. The third-order valence-electron chi connectivity index (χ3n) is 5.44. The molecule has 2 aliphatic carbocycles. The average Bonchev–Trinajstić information content (AvgIpc) is 3.46. The number of nitrogens with zero attached hydrogens (tertiary/aromatic N) is 1. The molecular formula is C20H29NO3. The van der Waals surface area contributed by atoms with E-state index < -0.39 is 0 Å². The van der Waals surface area contributed by atoms with Crippen LogP contribution < -0.4 is 9.47 Å². The van der Waals surface area contributed by atoms with E-state index in [1.807, 2.05) is 24.3 Å². The van der Waals surface area contributed by atoms with E-state index in [4.69, 9.17) is 9.47 Å². The van der Waals surface area contributed by atoms with Crippen LogP contribution in [0.15, 0.2) is 24.3 Å². The molecule has 0 unspecified atom stereocenters. The van der Waals surface area contributed by atoms with E-state index in [2.05, 4.69) is 11.8 Å². The molecule has 3 rings (SSSR count). The van der Waals surface area contributed by atoms with Gasteiger partial charge in [0.05, 0.1) is 7.11 Å². The molecule has 132 valence electrons. The molecule has 1 amide bonds. The number of hydrogen-bond donors (Lipinski definition) is 0. The molecule has 0 spiro atoms. The van der Waals surface area contributed by atoms with E-state index in [0.717, 1.165) is 31.6 Å². The predicted molar refractivity (Wildman–Crippen MR) is 94.4 cm³/mol. The maximum absolute atomic E-state index is 12.8. The molecule has 1 aromatic rings. The van der Waals surface area contributed by atoms with E-state index in [-0.39, 0.29) is 12.5 Å². The molecule has 0 N–H and O–H groups in total. The Balaban J connectivity index is 1.59. The Morgan fingerprint density at radius 1 is 1.04 bits per heavy atom. The first-order chi connectivity index (χ1) is 11.7. The molecular weight excluding hydrogens is 302 g/mol. The maximum Gasteiger partial charge on any atom is 0.261 e. The summed E-state index contributed by atoms with van der Waals surface area (Å²) in [6.07, 6.45) is 8.37. The first-order valence-corrected chi connectivity index (χ1v) is 9.30. The topological polar surface area (TPSA) is 38.8 Å². The van der Waals surface area contributed by atoms with Crippen molar-refractivity contribution < 1.29 is 14.3 Å². The van der Waals surface area contributed by atoms with Gasteiger partial charge in [-0.15, -0.1) is 0 Å². The van der Waals surface area contributed by atoms with Crippen LogP contribution in [-0.4, -0.2) is 36.6 Å². The van der Waals surface area contributed by atoms with Crippen molar-refractivity contribution >= 4 is 5.91 Å². The number of methoxy groups -OCH3 is 1.